The van der Waals surface area contributed by atoms with Crippen molar-refractivity contribution in [1.82, 2.24) is 14.9 Å². The molecule has 0 amide bonds. The van der Waals surface area contributed by atoms with Crippen LogP contribution < -0.4 is 14.8 Å². The molecular weight excluding hydrogens is 526 g/mol. The SMILES string of the molecule is [2H]C([2H])(Oc1ccc(Nc2c(C#N)cnc3cc(OCC)c(CC(=O)/C=C/C([2H])([2H])N(C)C([2H])([2H])[2H])cc23)cc1Cl)c1ccccn1. The number of anilines is 2. The van der Waals surface area contributed by atoms with E-state index < -0.39 is 25.8 Å². The molecule has 0 atom stereocenters. The molecule has 2 heterocycles. The fraction of sp³-hybridized carbons (Fsp3) is 0.226. The molecule has 2 aromatic heterocycles. The number of fused-ring (bicyclic) bond motifs is 1. The first-order valence-corrected chi connectivity index (χ1v) is 12.5. The number of nitrogens with one attached hydrogen (secondary N) is 1. The van der Waals surface area contributed by atoms with Crippen LogP contribution in [-0.2, 0) is 17.8 Å². The van der Waals surface area contributed by atoms with Crippen molar-refractivity contribution in [2.45, 2.75) is 19.9 Å². The van der Waals surface area contributed by atoms with Gasteiger partial charge >= 0.3 is 0 Å². The Morgan fingerprint density at radius 2 is 2.10 bits per heavy atom. The monoisotopic (exact) mass is 562 g/mol. The predicted octanol–water partition coefficient (Wildman–Crippen LogP) is 6.11. The van der Waals surface area contributed by atoms with E-state index in [1.165, 1.54) is 30.6 Å². The van der Waals surface area contributed by atoms with E-state index in [0.29, 0.717) is 38.5 Å². The minimum absolute atomic E-state index is 0.0672. The average molecular weight is 563 g/mol. The molecule has 0 saturated heterocycles. The van der Waals surface area contributed by atoms with Crippen molar-refractivity contribution in [2.24, 2.45) is 0 Å². The minimum atomic E-state index is -2.71. The highest BCUT2D eigenvalue weighted by Gasteiger charge is 2.16. The van der Waals surface area contributed by atoms with Crippen molar-refractivity contribution >= 4 is 39.7 Å². The van der Waals surface area contributed by atoms with Gasteiger partial charge in [-0.05, 0) is 63.4 Å². The van der Waals surface area contributed by atoms with Crippen molar-refractivity contribution in [3.8, 4) is 17.6 Å². The zero-order chi connectivity index (χ0) is 34.6. The van der Waals surface area contributed by atoms with Gasteiger partial charge in [0.2, 0.25) is 0 Å². The third-order valence-corrected chi connectivity index (χ3v) is 5.80. The topological polar surface area (TPSA) is 100 Å². The number of carbonyl (C=O) groups excluding carboxylic acids is 1. The number of allylic oxidation sites excluding steroid dienone is 1. The van der Waals surface area contributed by atoms with Crippen molar-refractivity contribution in [3.63, 3.8) is 0 Å². The number of pyridine rings is 2. The Morgan fingerprint density at radius 3 is 2.83 bits per heavy atom. The highest BCUT2D eigenvalue weighted by molar-refractivity contribution is 6.32. The lowest BCUT2D eigenvalue weighted by Gasteiger charge is -2.16. The van der Waals surface area contributed by atoms with Crippen LogP contribution in [-0.4, -0.2) is 47.8 Å². The third-order valence-electron chi connectivity index (χ3n) is 5.50. The van der Waals surface area contributed by atoms with Gasteiger partial charge in [0.05, 0.1) is 36.8 Å². The number of likely N-dealkylation sites (N-methyl/N-ethyl adjacent to an activating group) is 1. The first-order chi connectivity index (χ1) is 22.1. The summed E-state index contributed by atoms with van der Waals surface area (Å²) in [5, 5.41) is 13.6. The number of halogens is 1. The van der Waals surface area contributed by atoms with Gasteiger partial charge in [0.25, 0.3) is 0 Å². The Labute approximate surface area is 248 Å². The normalized spacial score (nSPS) is 14.7. The van der Waals surface area contributed by atoms with Crippen LogP contribution in [0.25, 0.3) is 10.9 Å². The van der Waals surface area contributed by atoms with Crippen molar-refractivity contribution in [1.29, 1.82) is 5.26 Å². The van der Waals surface area contributed by atoms with Gasteiger partial charge in [-0.15, -0.1) is 0 Å². The maximum atomic E-state index is 13.0. The number of benzene rings is 2. The van der Waals surface area contributed by atoms with Crippen LogP contribution in [0.1, 0.15) is 33.3 Å². The van der Waals surface area contributed by atoms with Gasteiger partial charge in [-0.25, -0.2) is 0 Å². The first-order valence-electron chi connectivity index (χ1n) is 15.7. The average Bonchev–Trinajstić information content (AvgIpc) is 3.01. The predicted molar refractivity (Wildman–Crippen MR) is 157 cm³/mol. The molecule has 0 aliphatic rings. The second kappa shape index (κ2) is 13.6. The van der Waals surface area contributed by atoms with Crippen LogP contribution in [0.5, 0.6) is 11.5 Å². The summed E-state index contributed by atoms with van der Waals surface area (Å²) in [5.41, 5.74) is 1.93. The number of nitriles is 1. The Balaban J connectivity index is 1.67. The van der Waals surface area contributed by atoms with E-state index in [1.807, 2.05) is 0 Å². The lowest BCUT2D eigenvalue weighted by Crippen LogP contribution is -2.11. The number of ether oxygens (including phenoxy) is 2. The molecule has 2 aromatic carbocycles. The summed E-state index contributed by atoms with van der Waals surface area (Å²) in [7, 11) is 1.10. The largest absolute Gasteiger partial charge is 0.494 e. The lowest BCUT2D eigenvalue weighted by atomic mass is 10.0. The van der Waals surface area contributed by atoms with Crippen LogP contribution >= 0.6 is 11.6 Å². The summed E-state index contributed by atoms with van der Waals surface area (Å²) in [4.78, 5) is 21.9. The fourth-order valence-corrected chi connectivity index (χ4v) is 3.96. The van der Waals surface area contributed by atoms with Crippen molar-refractivity contribution < 1.29 is 23.9 Å². The zero-order valence-electron chi connectivity index (χ0n) is 28.7. The second-order valence-corrected chi connectivity index (χ2v) is 8.83. The molecule has 4 aromatic rings. The standard InChI is InChI=1S/C31H30ClN5O3/c1-4-39-30-17-28-26(15-21(30)14-25(38)9-7-13-37(2)3)31(22(18-33)19-35-28)36-23-10-11-29(27(32)16-23)40-20-24-8-5-6-12-34-24/h5-12,15-17,19H,4,13-14,20H2,1-3H3,(H,35,36)/b9-7+/i2D3,13D2,20D2. The highest BCUT2D eigenvalue weighted by atomic mass is 35.5. The summed E-state index contributed by atoms with van der Waals surface area (Å²) in [6, 6.07) is 14.7. The van der Waals surface area contributed by atoms with Crippen LogP contribution in [0, 0.1) is 11.3 Å². The number of carbonyl (C=O) groups is 1. The molecule has 0 unspecified atom stereocenters. The molecule has 4 rings (SSSR count). The third kappa shape index (κ3) is 7.35. The molecule has 0 saturated carbocycles. The van der Waals surface area contributed by atoms with Gasteiger partial charge in [0.1, 0.15) is 24.1 Å². The number of hydrogen-bond acceptors (Lipinski definition) is 8. The molecule has 0 aliphatic carbocycles. The molecule has 1 N–H and O–H groups in total. The molecule has 0 bridgehead atoms. The minimum Gasteiger partial charge on any atom is -0.494 e. The highest BCUT2D eigenvalue weighted by Crippen LogP contribution is 2.36. The smallest absolute Gasteiger partial charge is 0.159 e. The van der Waals surface area contributed by atoms with Crippen molar-refractivity contribution in [2.75, 3.05) is 32.4 Å². The van der Waals surface area contributed by atoms with E-state index in [1.54, 1.807) is 37.3 Å². The fourth-order valence-electron chi connectivity index (χ4n) is 3.74. The molecule has 0 aliphatic heterocycles. The molecular formula is C31H30ClN5O3. The summed E-state index contributed by atoms with van der Waals surface area (Å²) in [6.07, 6.45) is 4.51. The zero-order valence-corrected chi connectivity index (χ0v) is 22.5. The van der Waals surface area contributed by atoms with Gasteiger partial charge in [0, 0.05) is 54.9 Å². The number of aromatic nitrogens is 2. The molecule has 8 nitrogen and oxygen atoms in total. The summed E-state index contributed by atoms with van der Waals surface area (Å²) < 4.78 is 66.3. The van der Waals surface area contributed by atoms with E-state index in [2.05, 4.69) is 21.4 Å². The van der Waals surface area contributed by atoms with Gasteiger partial charge < -0.3 is 19.7 Å². The second-order valence-electron chi connectivity index (χ2n) is 8.42. The maximum Gasteiger partial charge on any atom is 0.159 e. The van der Waals surface area contributed by atoms with Gasteiger partial charge in [-0.1, -0.05) is 23.7 Å². The molecule has 204 valence electrons. The molecule has 0 fully saturated rings. The van der Waals surface area contributed by atoms with Gasteiger partial charge in [-0.2, -0.15) is 5.26 Å². The molecule has 40 heavy (non-hydrogen) atoms. The lowest BCUT2D eigenvalue weighted by molar-refractivity contribution is -0.114. The molecule has 9 heteroatoms. The van der Waals surface area contributed by atoms with Crippen LogP contribution in [0.15, 0.2) is 73.1 Å². The summed E-state index contributed by atoms with van der Waals surface area (Å²) in [6.45, 7) is -5.34. The Kier molecular flexibility index (Phi) is 6.93. The Hall–Kier alpha value is -4.45. The number of rotatable bonds is 12. The maximum absolute atomic E-state index is 13.0. The Bertz CT molecular complexity index is 1850. The van der Waals surface area contributed by atoms with E-state index in [9.17, 15) is 10.1 Å². The molecule has 0 spiro atoms. The number of ketones is 1. The van der Waals surface area contributed by atoms with Crippen LogP contribution in [0.4, 0.5) is 11.4 Å². The first kappa shape index (κ1) is 20.5. The van der Waals surface area contributed by atoms with Gasteiger partial charge in [0.15, 0.2) is 5.78 Å². The van der Waals surface area contributed by atoms with Gasteiger partial charge in [-0.3, -0.25) is 14.8 Å². The van der Waals surface area contributed by atoms with E-state index in [0.717, 1.165) is 19.2 Å². The number of hydrogen-bond donors (Lipinski definition) is 1. The summed E-state index contributed by atoms with van der Waals surface area (Å²) in [5.74, 6) is -0.0863. The van der Waals surface area contributed by atoms with E-state index in [4.69, 9.17) is 30.7 Å². The van der Waals surface area contributed by atoms with Crippen molar-refractivity contribution in [3.05, 3.63) is 94.9 Å². The molecule has 0 radical (unpaired) electrons. The van der Waals surface area contributed by atoms with Crippen LogP contribution in [0.3, 0.4) is 0 Å². The Morgan fingerprint density at radius 1 is 1.23 bits per heavy atom. The quantitative estimate of drug-likeness (QED) is 0.207. The van der Waals surface area contributed by atoms with Crippen LogP contribution in [0.2, 0.25) is 5.02 Å². The van der Waals surface area contributed by atoms with E-state index in [-0.39, 0.29) is 35.1 Å². The number of nitrogens with zero attached hydrogens (tertiary/aromatic N) is 4. The summed E-state index contributed by atoms with van der Waals surface area (Å²) >= 11 is 6.47. The van der Waals surface area contributed by atoms with E-state index >= 15 is 0 Å².